The van der Waals surface area contributed by atoms with Gasteiger partial charge in [0.2, 0.25) is 0 Å². The summed E-state index contributed by atoms with van der Waals surface area (Å²) in [6.45, 7) is 13.6. The molecular formula is C29H38ClNO4. The molecule has 0 amide bonds. The van der Waals surface area contributed by atoms with Crippen LogP contribution < -0.4 is 4.74 Å². The number of nitrogens with zero attached hydrogens (tertiary/aromatic N) is 1. The van der Waals surface area contributed by atoms with E-state index in [0.29, 0.717) is 36.8 Å². The minimum absolute atomic E-state index is 0.0550. The first-order valence-electron chi connectivity index (χ1n) is 12.6. The van der Waals surface area contributed by atoms with E-state index in [2.05, 4.69) is 32.6 Å². The van der Waals surface area contributed by atoms with Crippen LogP contribution >= 0.6 is 11.6 Å². The number of ketones is 2. The van der Waals surface area contributed by atoms with Gasteiger partial charge >= 0.3 is 0 Å². The fraction of sp³-hybridized carbons (Fsp3) is 0.586. The third-order valence-electron chi connectivity index (χ3n) is 7.19. The first-order valence-corrected chi connectivity index (χ1v) is 13.0. The fourth-order valence-electron chi connectivity index (χ4n) is 5.92. The Morgan fingerprint density at radius 2 is 1.51 bits per heavy atom. The van der Waals surface area contributed by atoms with Gasteiger partial charge in [0, 0.05) is 65.5 Å². The molecule has 0 radical (unpaired) electrons. The van der Waals surface area contributed by atoms with Gasteiger partial charge < -0.3 is 14.4 Å². The van der Waals surface area contributed by atoms with E-state index in [0.717, 1.165) is 40.9 Å². The third-order valence-corrected chi connectivity index (χ3v) is 7.42. The van der Waals surface area contributed by atoms with Gasteiger partial charge in [0.1, 0.15) is 5.75 Å². The molecule has 6 heteroatoms. The van der Waals surface area contributed by atoms with Crippen molar-refractivity contribution in [1.29, 1.82) is 0 Å². The molecule has 0 fully saturated rings. The van der Waals surface area contributed by atoms with E-state index in [1.54, 1.807) is 13.2 Å². The zero-order valence-electron chi connectivity index (χ0n) is 22.1. The van der Waals surface area contributed by atoms with E-state index >= 15 is 0 Å². The Morgan fingerprint density at radius 1 is 0.971 bits per heavy atom. The Balaban J connectivity index is 2.02. The SMILES string of the molecule is COCCN1C2=C(C(=O)CC(C)(C)C2)C(c2cc(Cl)ccc2OC(C)C)C2=C1CC(C)(C)CC2=O. The number of halogens is 1. The van der Waals surface area contributed by atoms with Gasteiger partial charge in [-0.3, -0.25) is 9.59 Å². The minimum atomic E-state index is -0.474. The maximum atomic E-state index is 13.9. The highest BCUT2D eigenvalue weighted by molar-refractivity contribution is 6.30. The Hall–Kier alpha value is -2.11. The van der Waals surface area contributed by atoms with Crippen LogP contribution in [0.3, 0.4) is 0 Å². The summed E-state index contributed by atoms with van der Waals surface area (Å²) in [5.74, 6) is 0.402. The lowest BCUT2D eigenvalue weighted by molar-refractivity contribution is -0.119. The van der Waals surface area contributed by atoms with Gasteiger partial charge in [-0.25, -0.2) is 0 Å². The Morgan fingerprint density at radius 3 is 2.00 bits per heavy atom. The summed E-state index contributed by atoms with van der Waals surface area (Å²) in [7, 11) is 1.69. The van der Waals surface area contributed by atoms with E-state index in [4.69, 9.17) is 21.1 Å². The predicted octanol–water partition coefficient (Wildman–Crippen LogP) is 6.46. The average Bonchev–Trinajstić information content (AvgIpc) is 2.71. The van der Waals surface area contributed by atoms with Crippen molar-refractivity contribution in [3.05, 3.63) is 51.3 Å². The summed E-state index contributed by atoms with van der Waals surface area (Å²) >= 11 is 6.50. The molecule has 0 atom stereocenters. The van der Waals surface area contributed by atoms with Gasteiger partial charge in [-0.05, 0) is 55.7 Å². The zero-order chi connectivity index (χ0) is 25.7. The second kappa shape index (κ2) is 9.40. The third kappa shape index (κ3) is 5.08. The van der Waals surface area contributed by atoms with Crippen LogP contribution in [0.25, 0.3) is 0 Å². The van der Waals surface area contributed by atoms with Gasteiger partial charge in [0.15, 0.2) is 11.6 Å². The molecule has 0 saturated carbocycles. The van der Waals surface area contributed by atoms with Crippen molar-refractivity contribution in [3.63, 3.8) is 0 Å². The number of allylic oxidation sites excluding steroid dienone is 4. The van der Waals surface area contributed by atoms with E-state index in [1.165, 1.54) is 0 Å². The number of benzene rings is 1. The highest BCUT2D eigenvalue weighted by atomic mass is 35.5. The Kier molecular flexibility index (Phi) is 6.98. The molecule has 0 saturated heterocycles. The lowest BCUT2D eigenvalue weighted by atomic mass is 9.63. The molecule has 1 heterocycles. The minimum Gasteiger partial charge on any atom is -0.491 e. The van der Waals surface area contributed by atoms with Crippen molar-refractivity contribution in [2.75, 3.05) is 20.3 Å². The van der Waals surface area contributed by atoms with Crippen LogP contribution in [0.15, 0.2) is 40.7 Å². The quantitative estimate of drug-likeness (QED) is 0.449. The number of carbonyl (C=O) groups is 2. The van der Waals surface area contributed by atoms with Crippen LogP contribution in [0.4, 0.5) is 0 Å². The fourth-order valence-corrected chi connectivity index (χ4v) is 6.10. The van der Waals surface area contributed by atoms with E-state index in [9.17, 15) is 9.59 Å². The molecule has 35 heavy (non-hydrogen) atoms. The summed E-state index contributed by atoms with van der Waals surface area (Å²) < 4.78 is 11.7. The van der Waals surface area contributed by atoms with Gasteiger partial charge in [-0.15, -0.1) is 0 Å². The molecule has 0 aromatic heterocycles. The Bertz CT molecular complexity index is 1060. The summed E-state index contributed by atoms with van der Waals surface area (Å²) in [6.07, 6.45) is 2.37. The van der Waals surface area contributed by atoms with Crippen LogP contribution in [0, 0.1) is 10.8 Å². The van der Waals surface area contributed by atoms with Crippen LogP contribution in [-0.2, 0) is 14.3 Å². The highest BCUT2D eigenvalue weighted by Gasteiger charge is 2.49. The van der Waals surface area contributed by atoms with Crippen LogP contribution in [0.2, 0.25) is 5.02 Å². The topological polar surface area (TPSA) is 55.8 Å². The maximum Gasteiger partial charge on any atom is 0.162 e. The van der Waals surface area contributed by atoms with Gasteiger partial charge in [-0.1, -0.05) is 39.3 Å². The molecule has 2 aliphatic carbocycles. The number of Topliss-reactive ketones (excluding diaryl/α,β-unsaturated/α-hetero) is 2. The van der Waals surface area contributed by atoms with Crippen LogP contribution in [0.1, 0.15) is 78.7 Å². The molecule has 5 nitrogen and oxygen atoms in total. The summed E-state index contributed by atoms with van der Waals surface area (Å²) in [4.78, 5) is 29.9. The van der Waals surface area contributed by atoms with Gasteiger partial charge in [0.05, 0.1) is 12.7 Å². The first kappa shape index (κ1) is 26.0. The summed E-state index contributed by atoms with van der Waals surface area (Å²) in [6, 6.07) is 5.55. The molecule has 190 valence electrons. The van der Waals surface area contributed by atoms with E-state index in [-0.39, 0.29) is 28.5 Å². The molecule has 0 bridgehead atoms. The summed E-state index contributed by atoms with van der Waals surface area (Å²) in [5.41, 5.74) is 3.97. The molecule has 0 unspecified atom stereocenters. The zero-order valence-corrected chi connectivity index (χ0v) is 22.8. The maximum absolute atomic E-state index is 13.9. The molecular weight excluding hydrogens is 462 g/mol. The predicted molar refractivity (Wildman–Crippen MR) is 139 cm³/mol. The lowest BCUT2D eigenvalue weighted by Crippen LogP contribution is -2.45. The van der Waals surface area contributed by atoms with Crippen molar-refractivity contribution in [2.45, 2.75) is 79.2 Å². The molecule has 0 spiro atoms. The lowest BCUT2D eigenvalue weighted by Gasteiger charge is -2.49. The number of hydrogen-bond acceptors (Lipinski definition) is 5. The number of carbonyl (C=O) groups excluding carboxylic acids is 2. The van der Waals surface area contributed by atoms with Crippen molar-refractivity contribution in [2.24, 2.45) is 10.8 Å². The highest BCUT2D eigenvalue weighted by Crippen LogP contribution is 2.55. The van der Waals surface area contributed by atoms with E-state index in [1.807, 2.05) is 26.0 Å². The Labute approximate surface area is 214 Å². The molecule has 1 aromatic rings. The van der Waals surface area contributed by atoms with Crippen LogP contribution in [0.5, 0.6) is 5.75 Å². The first-order chi connectivity index (χ1) is 16.3. The summed E-state index contributed by atoms with van der Waals surface area (Å²) in [5, 5.41) is 0.564. The number of methoxy groups -OCH3 is 1. The largest absolute Gasteiger partial charge is 0.491 e. The number of ether oxygens (including phenoxy) is 2. The molecule has 3 aliphatic rings. The van der Waals surface area contributed by atoms with Crippen molar-refractivity contribution >= 4 is 23.2 Å². The van der Waals surface area contributed by atoms with Crippen molar-refractivity contribution < 1.29 is 19.1 Å². The van der Waals surface area contributed by atoms with Crippen molar-refractivity contribution in [1.82, 2.24) is 4.90 Å². The molecule has 1 aliphatic heterocycles. The van der Waals surface area contributed by atoms with Gasteiger partial charge in [0.25, 0.3) is 0 Å². The monoisotopic (exact) mass is 499 g/mol. The smallest absolute Gasteiger partial charge is 0.162 e. The van der Waals surface area contributed by atoms with E-state index < -0.39 is 5.92 Å². The number of hydrogen-bond donors (Lipinski definition) is 0. The normalized spacial score (nSPS) is 22.0. The van der Waals surface area contributed by atoms with Crippen LogP contribution in [-0.4, -0.2) is 42.8 Å². The molecule has 4 rings (SSSR count). The molecule has 0 N–H and O–H groups in total. The number of rotatable bonds is 6. The average molecular weight is 500 g/mol. The van der Waals surface area contributed by atoms with Gasteiger partial charge in [-0.2, -0.15) is 0 Å². The second-order valence-corrected chi connectivity index (χ2v) is 12.5. The molecule has 1 aromatic carbocycles. The second-order valence-electron chi connectivity index (χ2n) is 12.0. The standard InChI is InChI=1S/C29H38ClNO4/c1-17(2)35-24-9-8-18(30)12-19(24)25-26-20(13-28(3,4)15-22(26)32)31(10-11-34-7)21-14-29(5,6)16-23(33)27(21)25/h8-9,12,17,25H,10-11,13-16H2,1-7H3. The van der Waals surface area contributed by atoms with Crippen molar-refractivity contribution in [3.8, 4) is 5.75 Å².